The van der Waals surface area contributed by atoms with E-state index in [-0.39, 0.29) is 47.8 Å². The number of benzene rings is 1. The van der Waals surface area contributed by atoms with Crippen molar-refractivity contribution in [3.8, 4) is 5.75 Å². The summed E-state index contributed by atoms with van der Waals surface area (Å²) in [6.45, 7) is 4.86. The standard InChI is InChI=1S/C15H25NO4S.Na/c1-4-6-12(2)15-13(7-5-8-14(15)17)11-16(3)9-10-21(18,19)20;/h5,7-8,12,17H,4,6,9-11H2,1-3H3,(H,18,19,20);/q;+1/p-1. The van der Waals surface area contributed by atoms with E-state index in [1.165, 1.54) is 0 Å². The topological polar surface area (TPSA) is 80.7 Å². The molecule has 0 aliphatic carbocycles. The van der Waals surface area contributed by atoms with E-state index < -0.39 is 15.9 Å². The number of hydrogen-bond donors (Lipinski definition) is 1. The fourth-order valence-electron chi connectivity index (χ4n) is 2.52. The van der Waals surface area contributed by atoms with Gasteiger partial charge in [-0.05, 0) is 31.0 Å². The first kappa shape index (κ1) is 21.9. The van der Waals surface area contributed by atoms with Crippen LogP contribution in [0.4, 0.5) is 0 Å². The minimum atomic E-state index is -4.20. The van der Waals surface area contributed by atoms with Crippen LogP contribution in [-0.4, -0.2) is 42.3 Å². The van der Waals surface area contributed by atoms with Crippen molar-refractivity contribution in [2.75, 3.05) is 19.3 Å². The summed E-state index contributed by atoms with van der Waals surface area (Å²) in [4.78, 5) is 1.78. The summed E-state index contributed by atoms with van der Waals surface area (Å²) < 4.78 is 32.0. The van der Waals surface area contributed by atoms with Gasteiger partial charge >= 0.3 is 29.6 Å². The van der Waals surface area contributed by atoms with Gasteiger partial charge in [0.05, 0.1) is 15.9 Å². The molecule has 0 heterocycles. The Bertz CT molecular complexity index is 563. The second-order valence-electron chi connectivity index (χ2n) is 5.54. The van der Waals surface area contributed by atoms with Crippen LogP contribution in [0.5, 0.6) is 5.75 Å². The first-order valence-corrected chi connectivity index (χ1v) is 8.75. The Balaban J connectivity index is 0.00000441. The van der Waals surface area contributed by atoms with E-state index in [9.17, 15) is 18.1 Å². The molecule has 1 rings (SSSR count). The van der Waals surface area contributed by atoms with Crippen molar-refractivity contribution in [3.05, 3.63) is 29.3 Å². The second kappa shape index (κ2) is 9.90. The van der Waals surface area contributed by atoms with Crippen molar-refractivity contribution in [1.29, 1.82) is 0 Å². The number of aromatic hydroxyl groups is 1. The SMILES string of the molecule is CCCC(C)c1c(O)cccc1CN(C)CCS(=O)(=O)[O-].[Na+]. The molecule has 0 radical (unpaired) electrons. The van der Waals surface area contributed by atoms with Crippen LogP contribution in [-0.2, 0) is 16.7 Å². The molecule has 0 saturated carbocycles. The minimum Gasteiger partial charge on any atom is -0.748 e. The summed E-state index contributed by atoms with van der Waals surface area (Å²) in [5, 5.41) is 10.1. The van der Waals surface area contributed by atoms with Gasteiger partial charge in [-0.3, -0.25) is 0 Å². The third-order valence-electron chi connectivity index (χ3n) is 3.55. The van der Waals surface area contributed by atoms with E-state index in [0.717, 1.165) is 24.0 Å². The molecule has 1 atom stereocenters. The van der Waals surface area contributed by atoms with Gasteiger partial charge in [-0.2, -0.15) is 0 Å². The number of phenols is 1. The predicted molar refractivity (Wildman–Crippen MR) is 82.3 cm³/mol. The fourth-order valence-corrected chi connectivity index (χ4v) is 3.06. The molecule has 120 valence electrons. The zero-order valence-corrected chi connectivity index (χ0v) is 16.7. The van der Waals surface area contributed by atoms with E-state index in [1.54, 1.807) is 24.1 Å². The van der Waals surface area contributed by atoms with Gasteiger partial charge in [-0.15, -0.1) is 0 Å². The quantitative estimate of drug-likeness (QED) is 0.500. The maximum Gasteiger partial charge on any atom is 1.00 e. The van der Waals surface area contributed by atoms with Crippen LogP contribution in [0.25, 0.3) is 0 Å². The number of rotatable bonds is 8. The van der Waals surface area contributed by atoms with E-state index in [2.05, 4.69) is 13.8 Å². The molecular weight excluding hydrogens is 313 g/mol. The third kappa shape index (κ3) is 7.44. The molecule has 0 saturated heterocycles. The summed E-state index contributed by atoms with van der Waals surface area (Å²) in [5.41, 5.74) is 1.89. The largest absolute Gasteiger partial charge is 1.00 e. The van der Waals surface area contributed by atoms with Crippen molar-refractivity contribution in [2.45, 2.75) is 39.2 Å². The zero-order valence-electron chi connectivity index (χ0n) is 13.9. The van der Waals surface area contributed by atoms with Crippen molar-refractivity contribution < 1.29 is 47.6 Å². The van der Waals surface area contributed by atoms with Gasteiger partial charge in [-0.1, -0.05) is 32.4 Å². The Morgan fingerprint density at radius 3 is 2.55 bits per heavy atom. The molecular formula is C15H24NNaO4S. The number of phenolic OH excluding ortho intramolecular Hbond substituents is 1. The zero-order chi connectivity index (χ0) is 16.0. The summed E-state index contributed by atoms with van der Waals surface area (Å²) in [6.07, 6.45) is 2.00. The van der Waals surface area contributed by atoms with Crippen LogP contribution in [0.3, 0.4) is 0 Å². The molecule has 1 unspecified atom stereocenters. The molecule has 1 aromatic carbocycles. The van der Waals surface area contributed by atoms with Gasteiger partial charge in [0.15, 0.2) is 0 Å². The van der Waals surface area contributed by atoms with Crippen LogP contribution in [0.2, 0.25) is 0 Å². The first-order chi connectivity index (χ1) is 9.74. The van der Waals surface area contributed by atoms with Crippen LogP contribution < -0.4 is 29.6 Å². The molecule has 0 aliphatic rings. The third-order valence-corrected chi connectivity index (χ3v) is 4.23. The fraction of sp³-hybridized carbons (Fsp3) is 0.600. The summed E-state index contributed by atoms with van der Waals surface area (Å²) in [7, 11) is -2.43. The normalized spacial score (nSPS) is 13.0. The van der Waals surface area contributed by atoms with Gasteiger partial charge in [-0.25, -0.2) is 8.42 Å². The molecule has 0 aromatic heterocycles. The van der Waals surface area contributed by atoms with Gasteiger partial charge in [0.2, 0.25) is 0 Å². The molecule has 7 heteroatoms. The Morgan fingerprint density at radius 1 is 1.36 bits per heavy atom. The number of hydrogen-bond acceptors (Lipinski definition) is 5. The summed E-state index contributed by atoms with van der Waals surface area (Å²) >= 11 is 0. The molecule has 0 aliphatic heterocycles. The van der Waals surface area contributed by atoms with Crippen LogP contribution >= 0.6 is 0 Å². The predicted octanol–water partition coefficient (Wildman–Crippen LogP) is -0.723. The second-order valence-corrected chi connectivity index (χ2v) is 7.06. The minimum absolute atomic E-state index is 0. The van der Waals surface area contributed by atoms with Crippen molar-refractivity contribution >= 4 is 10.1 Å². The van der Waals surface area contributed by atoms with Gasteiger partial charge in [0, 0.05) is 18.7 Å². The Hall–Kier alpha value is -0.110. The summed E-state index contributed by atoms with van der Waals surface area (Å²) in [6, 6.07) is 5.39. The van der Waals surface area contributed by atoms with Gasteiger partial charge < -0.3 is 14.6 Å². The maximum absolute atomic E-state index is 10.7. The Morgan fingerprint density at radius 2 is 2.00 bits per heavy atom. The molecule has 0 fully saturated rings. The molecule has 5 nitrogen and oxygen atoms in total. The van der Waals surface area contributed by atoms with Gasteiger partial charge in [0.25, 0.3) is 0 Å². The Labute approximate surface area is 155 Å². The molecule has 1 N–H and O–H groups in total. The Kier molecular flexibility index (Phi) is 9.85. The molecule has 0 bridgehead atoms. The van der Waals surface area contributed by atoms with Crippen LogP contribution in [0, 0.1) is 0 Å². The number of nitrogens with zero attached hydrogens (tertiary/aromatic N) is 1. The average molecular weight is 337 g/mol. The molecule has 22 heavy (non-hydrogen) atoms. The van der Waals surface area contributed by atoms with Gasteiger partial charge in [0.1, 0.15) is 5.75 Å². The van der Waals surface area contributed by atoms with E-state index in [4.69, 9.17) is 0 Å². The monoisotopic (exact) mass is 337 g/mol. The molecule has 1 aromatic rings. The summed E-state index contributed by atoms with van der Waals surface area (Å²) in [5.74, 6) is 0.114. The first-order valence-electron chi connectivity index (χ1n) is 7.17. The molecule has 0 spiro atoms. The van der Waals surface area contributed by atoms with Crippen molar-refractivity contribution in [1.82, 2.24) is 4.90 Å². The van der Waals surface area contributed by atoms with E-state index in [1.807, 2.05) is 6.07 Å². The smallest absolute Gasteiger partial charge is 0.748 e. The average Bonchev–Trinajstić information content (AvgIpc) is 2.36. The van der Waals surface area contributed by atoms with Crippen molar-refractivity contribution in [2.24, 2.45) is 0 Å². The van der Waals surface area contributed by atoms with Crippen LogP contribution in [0.1, 0.15) is 43.7 Å². The van der Waals surface area contributed by atoms with Crippen molar-refractivity contribution in [3.63, 3.8) is 0 Å². The molecule has 0 amide bonds. The maximum atomic E-state index is 10.7. The van der Waals surface area contributed by atoms with E-state index in [0.29, 0.717) is 6.54 Å². The van der Waals surface area contributed by atoms with E-state index >= 15 is 0 Å². The van der Waals surface area contributed by atoms with Crippen LogP contribution in [0.15, 0.2) is 18.2 Å².